The van der Waals surface area contributed by atoms with Gasteiger partial charge in [0.25, 0.3) is 0 Å². The molecule has 0 heterocycles. The molecule has 0 aliphatic rings. The molecule has 0 rings (SSSR count). The first-order chi connectivity index (χ1) is 6.16. The van der Waals surface area contributed by atoms with Crippen molar-refractivity contribution in [3.05, 3.63) is 0 Å². The van der Waals surface area contributed by atoms with E-state index in [4.69, 9.17) is 5.11 Å². The second kappa shape index (κ2) is 8.05. The minimum atomic E-state index is -0.685. The highest BCUT2D eigenvalue weighted by atomic mass is 16.4. The van der Waals surface area contributed by atoms with Crippen molar-refractivity contribution in [2.45, 2.75) is 52.0 Å². The van der Waals surface area contributed by atoms with Crippen LogP contribution >= 0.6 is 0 Å². The maximum absolute atomic E-state index is 10.2. The largest absolute Gasteiger partial charge is 0.481 e. The lowest BCUT2D eigenvalue weighted by Gasteiger charge is -2.10. The molecule has 0 spiro atoms. The molecule has 3 nitrogen and oxygen atoms in total. The van der Waals surface area contributed by atoms with E-state index in [9.17, 15) is 4.79 Å². The monoisotopic (exact) mass is 187 g/mol. The highest BCUT2D eigenvalue weighted by molar-refractivity contribution is 5.66. The van der Waals surface area contributed by atoms with Crippen molar-refractivity contribution in [3.63, 3.8) is 0 Å². The lowest BCUT2D eigenvalue weighted by molar-refractivity contribution is -0.137. The lowest BCUT2D eigenvalue weighted by atomic mass is 10.2. The van der Waals surface area contributed by atoms with Crippen LogP contribution in [0.3, 0.4) is 0 Å². The molecule has 0 aliphatic heterocycles. The fraction of sp³-hybridized carbons (Fsp3) is 0.900. The maximum Gasteiger partial charge on any atom is 0.303 e. The van der Waals surface area contributed by atoms with Crippen LogP contribution in [0.2, 0.25) is 0 Å². The van der Waals surface area contributed by atoms with Crippen LogP contribution in [0.25, 0.3) is 0 Å². The van der Waals surface area contributed by atoms with Crippen LogP contribution in [0, 0.1) is 0 Å². The second-order valence-corrected chi connectivity index (χ2v) is 3.47. The molecule has 3 heteroatoms. The van der Waals surface area contributed by atoms with Gasteiger partial charge in [0.2, 0.25) is 0 Å². The van der Waals surface area contributed by atoms with Crippen molar-refractivity contribution in [3.8, 4) is 0 Å². The van der Waals surface area contributed by atoms with Crippen LogP contribution in [0.1, 0.15) is 46.0 Å². The summed E-state index contributed by atoms with van der Waals surface area (Å²) in [4.78, 5) is 10.2. The number of carboxylic acid groups (broad SMARTS) is 1. The summed E-state index contributed by atoms with van der Waals surface area (Å²) >= 11 is 0. The topological polar surface area (TPSA) is 49.3 Å². The molecule has 2 N–H and O–H groups in total. The Morgan fingerprint density at radius 3 is 2.62 bits per heavy atom. The Hall–Kier alpha value is -0.570. The van der Waals surface area contributed by atoms with Gasteiger partial charge in [-0.05, 0) is 32.7 Å². The van der Waals surface area contributed by atoms with Gasteiger partial charge in [-0.1, -0.05) is 13.3 Å². The van der Waals surface area contributed by atoms with E-state index in [-0.39, 0.29) is 0 Å². The van der Waals surface area contributed by atoms with Gasteiger partial charge in [0.15, 0.2) is 0 Å². The molecular formula is C10H21NO2. The number of carboxylic acids is 1. The van der Waals surface area contributed by atoms with E-state index >= 15 is 0 Å². The molecule has 13 heavy (non-hydrogen) atoms. The Morgan fingerprint density at radius 2 is 2.08 bits per heavy atom. The molecule has 0 aromatic rings. The molecule has 0 fully saturated rings. The Kier molecular flexibility index (Phi) is 7.69. The van der Waals surface area contributed by atoms with E-state index in [1.54, 1.807) is 0 Å². The van der Waals surface area contributed by atoms with E-state index < -0.39 is 5.97 Å². The number of rotatable bonds is 8. The predicted octanol–water partition coefficient (Wildman–Crippen LogP) is 2.02. The van der Waals surface area contributed by atoms with Crippen LogP contribution in [-0.2, 0) is 4.79 Å². The lowest BCUT2D eigenvalue weighted by Crippen LogP contribution is -2.25. The molecule has 0 amide bonds. The van der Waals surface area contributed by atoms with Gasteiger partial charge in [0.1, 0.15) is 0 Å². The van der Waals surface area contributed by atoms with Crippen molar-refractivity contribution in [2.75, 3.05) is 6.54 Å². The summed E-state index contributed by atoms with van der Waals surface area (Å²) in [7, 11) is 0. The third kappa shape index (κ3) is 9.34. The van der Waals surface area contributed by atoms with E-state index in [2.05, 4.69) is 19.2 Å². The quantitative estimate of drug-likeness (QED) is 0.571. The minimum Gasteiger partial charge on any atom is -0.481 e. The third-order valence-corrected chi connectivity index (χ3v) is 2.17. The fourth-order valence-electron chi connectivity index (χ4n) is 1.07. The molecule has 78 valence electrons. The number of unbranched alkanes of at least 4 members (excludes halogenated alkanes) is 2. The van der Waals surface area contributed by atoms with Gasteiger partial charge in [-0.2, -0.15) is 0 Å². The van der Waals surface area contributed by atoms with Gasteiger partial charge in [-0.3, -0.25) is 4.79 Å². The summed E-state index contributed by atoms with van der Waals surface area (Å²) in [6, 6.07) is 0.583. The zero-order valence-corrected chi connectivity index (χ0v) is 8.68. The zero-order valence-electron chi connectivity index (χ0n) is 8.68. The van der Waals surface area contributed by atoms with E-state index in [1.807, 2.05) is 0 Å². The van der Waals surface area contributed by atoms with Crippen LogP contribution < -0.4 is 5.32 Å². The Bertz CT molecular complexity index is 137. The first-order valence-corrected chi connectivity index (χ1v) is 5.12. The molecule has 1 unspecified atom stereocenters. The minimum absolute atomic E-state index is 0.309. The Labute approximate surface area is 80.5 Å². The van der Waals surface area contributed by atoms with Gasteiger partial charge in [-0.15, -0.1) is 0 Å². The number of aliphatic carboxylic acids is 1. The molecule has 0 radical (unpaired) electrons. The van der Waals surface area contributed by atoms with E-state index in [0.717, 1.165) is 32.2 Å². The van der Waals surface area contributed by atoms with E-state index in [0.29, 0.717) is 12.5 Å². The summed E-state index contributed by atoms with van der Waals surface area (Å²) in [5.41, 5.74) is 0. The van der Waals surface area contributed by atoms with Crippen LogP contribution in [-0.4, -0.2) is 23.7 Å². The van der Waals surface area contributed by atoms with Crippen LogP contribution in [0.15, 0.2) is 0 Å². The van der Waals surface area contributed by atoms with Crippen LogP contribution in [0.4, 0.5) is 0 Å². The van der Waals surface area contributed by atoms with Gasteiger partial charge in [-0.25, -0.2) is 0 Å². The molecule has 0 saturated heterocycles. The molecule has 0 aromatic carbocycles. The molecule has 0 saturated carbocycles. The molecule has 0 aromatic heterocycles. The first kappa shape index (κ1) is 12.4. The van der Waals surface area contributed by atoms with Crippen LogP contribution in [0.5, 0.6) is 0 Å². The van der Waals surface area contributed by atoms with Gasteiger partial charge < -0.3 is 10.4 Å². The first-order valence-electron chi connectivity index (χ1n) is 5.12. The smallest absolute Gasteiger partial charge is 0.303 e. The zero-order chi connectivity index (χ0) is 10.1. The number of nitrogens with one attached hydrogen (secondary N) is 1. The maximum atomic E-state index is 10.2. The van der Waals surface area contributed by atoms with Gasteiger partial charge in [0.05, 0.1) is 0 Å². The Morgan fingerprint density at radius 1 is 1.38 bits per heavy atom. The predicted molar refractivity (Wildman–Crippen MR) is 53.9 cm³/mol. The molecule has 1 atom stereocenters. The summed E-state index contributed by atoms with van der Waals surface area (Å²) in [6.45, 7) is 5.33. The third-order valence-electron chi connectivity index (χ3n) is 2.17. The average Bonchev–Trinajstić information content (AvgIpc) is 2.10. The van der Waals surface area contributed by atoms with Gasteiger partial charge in [0, 0.05) is 12.5 Å². The van der Waals surface area contributed by atoms with E-state index in [1.165, 1.54) is 0 Å². The molecule has 0 bridgehead atoms. The van der Waals surface area contributed by atoms with Crippen molar-refractivity contribution >= 4 is 5.97 Å². The molecular weight excluding hydrogens is 166 g/mol. The second-order valence-electron chi connectivity index (χ2n) is 3.47. The fourth-order valence-corrected chi connectivity index (χ4v) is 1.07. The summed E-state index contributed by atoms with van der Waals surface area (Å²) in [6.07, 6.45) is 4.35. The number of carbonyl (C=O) groups is 1. The SMILES string of the molecule is CCC(C)NCCCCCC(=O)O. The van der Waals surface area contributed by atoms with Gasteiger partial charge >= 0.3 is 5.97 Å². The summed E-state index contributed by atoms with van der Waals surface area (Å²) in [5, 5.41) is 11.8. The standard InChI is InChI=1S/C10H21NO2/c1-3-9(2)11-8-6-4-5-7-10(12)13/h9,11H,3-8H2,1-2H3,(H,12,13). The Balaban J connectivity index is 3.04. The normalized spacial score (nSPS) is 12.8. The van der Waals surface area contributed by atoms with Crippen molar-refractivity contribution < 1.29 is 9.90 Å². The average molecular weight is 187 g/mol. The van der Waals surface area contributed by atoms with Crippen molar-refractivity contribution in [1.29, 1.82) is 0 Å². The molecule has 0 aliphatic carbocycles. The highest BCUT2D eigenvalue weighted by Crippen LogP contribution is 1.99. The number of hydrogen-bond donors (Lipinski definition) is 2. The summed E-state index contributed by atoms with van der Waals surface area (Å²) < 4.78 is 0. The number of hydrogen-bond acceptors (Lipinski definition) is 2. The van der Waals surface area contributed by atoms with Crippen molar-refractivity contribution in [2.24, 2.45) is 0 Å². The summed E-state index contributed by atoms with van der Waals surface area (Å²) in [5.74, 6) is -0.685. The highest BCUT2D eigenvalue weighted by Gasteiger charge is 1.98. The van der Waals surface area contributed by atoms with Crippen molar-refractivity contribution in [1.82, 2.24) is 5.32 Å².